The van der Waals surface area contributed by atoms with E-state index in [0.717, 1.165) is 0 Å². The molecule has 0 saturated carbocycles. The molecule has 0 aliphatic heterocycles. The molecule has 0 aromatic heterocycles. The molecule has 0 amide bonds. The van der Waals surface area contributed by atoms with Gasteiger partial charge < -0.3 is 5.48 Å². The molecule has 0 fully saturated rings. The summed E-state index contributed by atoms with van der Waals surface area (Å²) in [7, 11) is 0. The number of rotatable bonds is 0. The van der Waals surface area contributed by atoms with Gasteiger partial charge in [0.1, 0.15) is 0 Å². The zero-order chi connectivity index (χ0) is 0. The van der Waals surface area contributed by atoms with Crippen LogP contribution in [0.3, 0.4) is 0 Å². The fraction of sp³-hybridized carbons (Fsp3) is 0. The summed E-state index contributed by atoms with van der Waals surface area (Å²) in [5.41, 5.74) is 0. The van der Waals surface area contributed by atoms with Gasteiger partial charge in [-0.25, -0.2) is 0 Å². The van der Waals surface area contributed by atoms with Crippen LogP contribution in [0.1, 0.15) is 0 Å². The fourth-order valence-electron chi connectivity index (χ4n) is 0. The molecule has 4 heteroatoms. The van der Waals surface area contributed by atoms with Crippen LogP contribution in [-0.4, -0.2) is 5.48 Å². The van der Waals surface area contributed by atoms with E-state index >= 15 is 0 Å². The smallest absolute Gasteiger partial charge is 0 e. The Balaban J connectivity index is 0. The summed E-state index contributed by atoms with van der Waals surface area (Å²) in [4.78, 5) is 0. The van der Waals surface area contributed by atoms with Gasteiger partial charge >= 0.3 is 0 Å². The quantitative estimate of drug-likeness (QED) is 0.439. The van der Waals surface area contributed by atoms with Crippen molar-refractivity contribution in [2.45, 2.75) is 0 Å². The molecule has 0 spiro atoms. The van der Waals surface area contributed by atoms with Crippen molar-refractivity contribution in [2.75, 3.05) is 0 Å². The average molecular weight is 183 g/mol. The van der Waals surface area contributed by atoms with Gasteiger partial charge in [0.2, 0.25) is 0 Å². The first-order chi connectivity index (χ1) is 0. The van der Waals surface area contributed by atoms with Gasteiger partial charge in [-0.3, -0.25) is 0 Å². The van der Waals surface area contributed by atoms with E-state index in [0.29, 0.717) is 0 Å². The molecule has 0 bridgehead atoms. The molecular weight excluding hydrogens is 181 g/mol. The van der Waals surface area contributed by atoms with Crippen molar-refractivity contribution in [3.63, 3.8) is 0 Å². The average Bonchev–Trinajstić information content (AvgIpc) is 0. The largest absolute Gasteiger partial charge is 0.412 e. The zero-order valence-electron chi connectivity index (χ0n) is 1.62. The Morgan fingerprint density at radius 3 is 1.00 bits per heavy atom. The zero-order valence-corrected chi connectivity index (χ0v) is 5.11. The predicted molar refractivity (Wildman–Crippen MR) is 3.61 cm³/mol. The topological polar surface area (TPSA) is 31.5 Å². The summed E-state index contributed by atoms with van der Waals surface area (Å²) in [6.45, 7) is 0. The Morgan fingerprint density at radius 1 is 1.00 bits per heavy atom. The molecule has 4 heavy (non-hydrogen) atoms. The summed E-state index contributed by atoms with van der Waals surface area (Å²) >= 11 is 0. The van der Waals surface area contributed by atoms with Gasteiger partial charge in [-0.1, -0.05) is 0 Å². The van der Waals surface area contributed by atoms with E-state index in [-0.39, 0.29) is 57.6 Å². The predicted octanol–water partition coefficient (Wildman–Crippen LogP) is -0.832. The minimum atomic E-state index is 0. The minimum Gasteiger partial charge on any atom is -0.412 e. The third-order valence-electron chi connectivity index (χ3n) is 0. The van der Waals surface area contributed by atoms with Crippen LogP contribution in [0.25, 0.3) is 0 Å². The van der Waals surface area contributed by atoms with Gasteiger partial charge in [-0.05, 0) is 0 Å². The van der Waals surface area contributed by atoms with Crippen LogP contribution < -0.4 is 0 Å². The fourth-order valence-corrected chi connectivity index (χ4v) is 0. The summed E-state index contributed by atoms with van der Waals surface area (Å²) < 4.78 is 0. The Bertz CT molecular complexity index is 8.00. The van der Waals surface area contributed by atoms with E-state index in [2.05, 4.69) is 0 Å². The van der Waals surface area contributed by atoms with Gasteiger partial charge in [0.05, 0.1) is 0 Å². The van der Waals surface area contributed by atoms with Crippen molar-refractivity contribution in [2.24, 2.45) is 0 Å². The molecule has 2 N–H and O–H groups in total. The van der Waals surface area contributed by atoms with E-state index < -0.39 is 0 Å². The van der Waals surface area contributed by atoms with Crippen LogP contribution in [0.4, 0.5) is 0 Å². The van der Waals surface area contributed by atoms with E-state index in [1.807, 2.05) is 0 Å². The first kappa shape index (κ1) is 47.6. The molecule has 0 rings (SSSR count). The maximum atomic E-state index is 0. The van der Waals surface area contributed by atoms with E-state index in [4.69, 9.17) is 0 Å². The van der Waals surface area contributed by atoms with Gasteiger partial charge in [0, 0.05) is 52.1 Å². The SMILES string of the molecule is O.[Fe].[Ni].[V]. The standard InChI is InChI=1S/Fe.Ni.H2O.V/h;;1H2;. The molecule has 1 radical (unpaired) electrons. The molecule has 0 saturated heterocycles. The van der Waals surface area contributed by atoms with Gasteiger partial charge in [0.15, 0.2) is 0 Å². The van der Waals surface area contributed by atoms with Crippen molar-refractivity contribution in [1.29, 1.82) is 0 Å². The van der Waals surface area contributed by atoms with Crippen LogP contribution >= 0.6 is 0 Å². The maximum Gasteiger partial charge on any atom is 0 e. The maximum absolute atomic E-state index is 0. The van der Waals surface area contributed by atoms with Crippen molar-refractivity contribution in [1.82, 2.24) is 0 Å². The van der Waals surface area contributed by atoms with Crippen molar-refractivity contribution in [3.05, 3.63) is 0 Å². The van der Waals surface area contributed by atoms with Gasteiger partial charge in [0.25, 0.3) is 0 Å². The molecule has 0 aliphatic rings. The molecule has 0 aromatic carbocycles. The van der Waals surface area contributed by atoms with Crippen molar-refractivity contribution >= 4 is 0 Å². The monoisotopic (exact) mass is 183 g/mol. The Morgan fingerprint density at radius 2 is 1.00 bits per heavy atom. The van der Waals surface area contributed by atoms with Crippen LogP contribution in [0.5, 0.6) is 0 Å². The van der Waals surface area contributed by atoms with E-state index in [1.165, 1.54) is 0 Å². The first-order valence-corrected chi connectivity index (χ1v) is 0. The number of hydrogen-bond donors (Lipinski definition) is 0. The van der Waals surface area contributed by atoms with E-state index in [9.17, 15) is 0 Å². The van der Waals surface area contributed by atoms with Crippen LogP contribution in [0, 0.1) is 0 Å². The summed E-state index contributed by atoms with van der Waals surface area (Å²) in [6.07, 6.45) is 0. The Hall–Kier alpha value is 1.56. The third-order valence-corrected chi connectivity index (χ3v) is 0. The van der Waals surface area contributed by atoms with Crippen LogP contribution in [-0.2, 0) is 52.1 Å². The van der Waals surface area contributed by atoms with Crippen LogP contribution in [0.15, 0.2) is 0 Å². The van der Waals surface area contributed by atoms with Crippen molar-refractivity contribution < 1.29 is 57.6 Å². The third kappa shape index (κ3) is 9.59. The minimum absolute atomic E-state index is 0. The summed E-state index contributed by atoms with van der Waals surface area (Å²) in [5, 5.41) is 0. The Kier molecular flexibility index (Phi) is 283. The summed E-state index contributed by atoms with van der Waals surface area (Å²) in [5.74, 6) is 0. The second-order valence-electron chi connectivity index (χ2n) is 0. The van der Waals surface area contributed by atoms with E-state index in [1.54, 1.807) is 0 Å². The molecule has 0 aliphatic carbocycles. The molecule has 31 valence electrons. The van der Waals surface area contributed by atoms with Gasteiger partial charge in [-0.15, -0.1) is 0 Å². The summed E-state index contributed by atoms with van der Waals surface area (Å²) in [6, 6.07) is 0. The second kappa shape index (κ2) is 23.8. The molecule has 0 aromatic rings. The Labute approximate surface area is 57.5 Å². The number of hydrogen-bond acceptors (Lipinski definition) is 0. The molecule has 0 unspecified atom stereocenters. The molecule has 0 heterocycles. The van der Waals surface area contributed by atoms with Crippen LogP contribution in [0.2, 0.25) is 0 Å². The second-order valence-corrected chi connectivity index (χ2v) is 0. The molecule has 1 nitrogen and oxygen atoms in total. The first-order valence-electron chi connectivity index (χ1n) is 0. The van der Waals surface area contributed by atoms with Gasteiger partial charge in [-0.2, -0.15) is 0 Å². The normalized spacial score (nSPS) is 0. The molecular formula is H2FeNiOV. The van der Waals surface area contributed by atoms with Crippen molar-refractivity contribution in [3.8, 4) is 0 Å². The molecule has 0 atom stereocenters.